The minimum Gasteiger partial charge on any atom is -0.462 e. The molecule has 0 unspecified atom stereocenters. The van der Waals surface area contributed by atoms with Crippen molar-refractivity contribution >= 4 is 23.2 Å². The lowest BCUT2D eigenvalue weighted by Crippen LogP contribution is -2.49. The van der Waals surface area contributed by atoms with Crippen molar-refractivity contribution in [2.75, 3.05) is 13.2 Å². The van der Waals surface area contributed by atoms with Crippen molar-refractivity contribution in [1.29, 1.82) is 0 Å². The van der Waals surface area contributed by atoms with Crippen LogP contribution in [0.15, 0.2) is 41.6 Å². The second-order valence-electron chi connectivity index (χ2n) is 6.69. The van der Waals surface area contributed by atoms with E-state index in [0.717, 1.165) is 17.6 Å². The molecule has 1 aliphatic heterocycles. The maximum atomic E-state index is 12.5. The predicted molar refractivity (Wildman–Crippen MR) is 103 cm³/mol. The molecule has 0 bridgehead atoms. The van der Waals surface area contributed by atoms with E-state index in [4.69, 9.17) is 14.3 Å². The van der Waals surface area contributed by atoms with E-state index in [9.17, 15) is 9.59 Å². The lowest BCUT2D eigenvalue weighted by atomic mass is 9.90. The highest BCUT2D eigenvalue weighted by Gasteiger charge is 2.57. The second-order valence-corrected chi connectivity index (χ2v) is 6.69. The fourth-order valence-electron chi connectivity index (χ4n) is 2.75. The number of benzene rings is 1. The van der Waals surface area contributed by atoms with E-state index >= 15 is 0 Å². The molecule has 0 saturated carbocycles. The summed E-state index contributed by atoms with van der Waals surface area (Å²) in [5, 5.41) is 4.10. The molecule has 0 atom stereocenters. The number of ether oxygens (including phenoxy) is 2. The summed E-state index contributed by atoms with van der Waals surface area (Å²) in [7, 11) is 0. The van der Waals surface area contributed by atoms with Crippen LogP contribution in [-0.4, -0.2) is 36.5 Å². The molecule has 0 aromatic heterocycles. The highest BCUT2D eigenvalue weighted by Crippen LogP contribution is 2.33. The molecule has 6 nitrogen and oxygen atoms in total. The molecule has 1 aliphatic rings. The SMILES string of the molecule is CCOC(=O)C1(C(=O)OCC)CC(C(=CCC(C)C)c2ccccc2)=NO1. The average Bonchev–Trinajstić information content (AvgIpc) is 3.09. The maximum absolute atomic E-state index is 12.5. The zero-order chi connectivity index (χ0) is 19.9. The van der Waals surface area contributed by atoms with E-state index in [-0.39, 0.29) is 19.6 Å². The van der Waals surface area contributed by atoms with Crippen LogP contribution in [0.4, 0.5) is 0 Å². The number of allylic oxidation sites excluding steroid dienone is 2. The molecule has 1 heterocycles. The minimum atomic E-state index is -1.88. The van der Waals surface area contributed by atoms with E-state index in [2.05, 4.69) is 25.1 Å². The average molecular weight is 373 g/mol. The number of nitrogens with zero attached hydrogens (tertiary/aromatic N) is 1. The summed E-state index contributed by atoms with van der Waals surface area (Å²) in [5.74, 6) is -1.11. The van der Waals surface area contributed by atoms with Crippen LogP contribution in [0.5, 0.6) is 0 Å². The lowest BCUT2D eigenvalue weighted by Gasteiger charge is -2.22. The zero-order valence-electron chi connectivity index (χ0n) is 16.4. The van der Waals surface area contributed by atoms with Gasteiger partial charge >= 0.3 is 17.5 Å². The Morgan fingerprint density at radius 2 is 1.74 bits per heavy atom. The van der Waals surface area contributed by atoms with Gasteiger partial charge < -0.3 is 14.3 Å². The van der Waals surface area contributed by atoms with Gasteiger partial charge in [0.05, 0.1) is 25.3 Å². The van der Waals surface area contributed by atoms with Crippen molar-refractivity contribution in [3.8, 4) is 0 Å². The van der Waals surface area contributed by atoms with E-state index in [1.165, 1.54) is 0 Å². The summed E-state index contributed by atoms with van der Waals surface area (Å²) >= 11 is 0. The Morgan fingerprint density at radius 3 is 2.26 bits per heavy atom. The predicted octanol–water partition coefficient (Wildman–Crippen LogP) is 3.76. The molecule has 2 rings (SSSR count). The van der Waals surface area contributed by atoms with Gasteiger partial charge in [-0.25, -0.2) is 9.59 Å². The van der Waals surface area contributed by atoms with Crippen LogP contribution in [0.1, 0.15) is 46.1 Å². The quantitative estimate of drug-likeness (QED) is 0.512. The fraction of sp³-hybridized carbons (Fsp3) is 0.476. The summed E-state index contributed by atoms with van der Waals surface area (Å²) in [6, 6.07) is 9.71. The van der Waals surface area contributed by atoms with E-state index < -0.39 is 17.5 Å². The minimum absolute atomic E-state index is 0.0243. The molecule has 0 amide bonds. The first-order valence-corrected chi connectivity index (χ1v) is 9.30. The van der Waals surface area contributed by atoms with Gasteiger partial charge in [-0.05, 0) is 31.7 Å². The number of esters is 2. The summed E-state index contributed by atoms with van der Waals surface area (Å²) in [5.41, 5.74) is 0.444. The molecule has 146 valence electrons. The zero-order valence-corrected chi connectivity index (χ0v) is 16.4. The normalized spacial score (nSPS) is 15.9. The molecule has 6 heteroatoms. The van der Waals surface area contributed by atoms with Gasteiger partial charge in [0.2, 0.25) is 0 Å². The first kappa shape index (κ1) is 20.7. The third-order valence-electron chi connectivity index (χ3n) is 4.13. The second kappa shape index (κ2) is 9.35. The molecule has 0 N–H and O–H groups in total. The third kappa shape index (κ3) is 4.76. The van der Waals surface area contributed by atoms with Crippen molar-refractivity contribution < 1.29 is 23.9 Å². The molecule has 0 fully saturated rings. The van der Waals surface area contributed by atoms with Crippen molar-refractivity contribution in [3.05, 3.63) is 42.0 Å². The first-order chi connectivity index (χ1) is 12.9. The molecular weight excluding hydrogens is 346 g/mol. The number of carbonyl (C=O) groups is 2. The molecule has 0 saturated heterocycles. The molecule has 0 radical (unpaired) electrons. The van der Waals surface area contributed by atoms with E-state index in [0.29, 0.717) is 11.6 Å². The van der Waals surface area contributed by atoms with Crippen molar-refractivity contribution in [3.63, 3.8) is 0 Å². The fourth-order valence-corrected chi connectivity index (χ4v) is 2.75. The summed E-state index contributed by atoms with van der Waals surface area (Å²) in [4.78, 5) is 30.4. The number of hydrogen-bond donors (Lipinski definition) is 0. The summed E-state index contributed by atoms with van der Waals surface area (Å²) in [6.45, 7) is 7.85. The van der Waals surface area contributed by atoms with E-state index in [1.807, 2.05) is 30.3 Å². The Kier molecular flexibility index (Phi) is 7.16. The van der Waals surface area contributed by atoms with Gasteiger partial charge in [-0.3, -0.25) is 0 Å². The Labute approximate surface area is 160 Å². The topological polar surface area (TPSA) is 74.2 Å². The van der Waals surface area contributed by atoms with Gasteiger partial charge in [0.15, 0.2) is 0 Å². The van der Waals surface area contributed by atoms with Gasteiger partial charge in [-0.15, -0.1) is 0 Å². The highest BCUT2D eigenvalue weighted by atomic mass is 16.7. The smallest absolute Gasteiger partial charge is 0.365 e. The van der Waals surface area contributed by atoms with Gasteiger partial charge in [0, 0.05) is 5.57 Å². The third-order valence-corrected chi connectivity index (χ3v) is 4.13. The Hall–Kier alpha value is -2.63. The number of oxime groups is 1. The summed E-state index contributed by atoms with van der Waals surface area (Å²) < 4.78 is 10.1. The van der Waals surface area contributed by atoms with Crippen molar-refractivity contribution in [2.24, 2.45) is 11.1 Å². The largest absolute Gasteiger partial charge is 0.462 e. The maximum Gasteiger partial charge on any atom is 0.365 e. The van der Waals surface area contributed by atoms with Crippen LogP contribution in [0.2, 0.25) is 0 Å². The van der Waals surface area contributed by atoms with Crippen LogP contribution < -0.4 is 0 Å². The lowest BCUT2D eigenvalue weighted by molar-refractivity contribution is -0.187. The number of hydrogen-bond acceptors (Lipinski definition) is 6. The van der Waals surface area contributed by atoms with Crippen LogP contribution in [0, 0.1) is 5.92 Å². The van der Waals surface area contributed by atoms with Crippen LogP contribution in [0.25, 0.3) is 5.57 Å². The molecule has 0 aliphatic carbocycles. The molecule has 1 aromatic carbocycles. The Bertz CT molecular complexity index is 703. The monoisotopic (exact) mass is 373 g/mol. The number of carbonyl (C=O) groups excluding carboxylic acids is 2. The van der Waals surface area contributed by atoms with Crippen molar-refractivity contribution in [1.82, 2.24) is 0 Å². The van der Waals surface area contributed by atoms with Gasteiger partial charge in [0.1, 0.15) is 0 Å². The molecular formula is C21H27NO5. The first-order valence-electron chi connectivity index (χ1n) is 9.30. The summed E-state index contributed by atoms with van der Waals surface area (Å²) in [6.07, 6.45) is 2.87. The number of rotatable bonds is 8. The van der Waals surface area contributed by atoms with E-state index in [1.54, 1.807) is 13.8 Å². The van der Waals surface area contributed by atoms with Gasteiger partial charge in [-0.2, -0.15) is 0 Å². The molecule has 1 aromatic rings. The molecule has 27 heavy (non-hydrogen) atoms. The van der Waals surface area contributed by atoms with Gasteiger partial charge in [-0.1, -0.05) is 55.4 Å². The van der Waals surface area contributed by atoms with Crippen LogP contribution in [0.3, 0.4) is 0 Å². The van der Waals surface area contributed by atoms with Gasteiger partial charge in [0.25, 0.3) is 0 Å². The Balaban J connectivity index is 2.37. The highest BCUT2D eigenvalue weighted by molar-refractivity contribution is 6.27. The van der Waals surface area contributed by atoms with Crippen molar-refractivity contribution in [2.45, 2.75) is 46.1 Å². The Morgan fingerprint density at radius 1 is 1.15 bits per heavy atom. The standard InChI is InChI=1S/C21H27NO5/c1-5-25-19(23)21(20(24)26-6-2)14-18(22-27-21)17(13-12-15(3)4)16-10-8-7-9-11-16/h7-11,13,15H,5-6,12,14H2,1-4H3. The molecule has 0 spiro atoms. The van der Waals surface area contributed by atoms with Crippen LogP contribution >= 0.6 is 0 Å². The van der Waals surface area contributed by atoms with Crippen LogP contribution in [-0.2, 0) is 23.9 Å².